The molecule has 0 spiro atoms. The average Bonchev–Trinajstić information content (AvgIpc) is 2.41. The zero-order valence-corrected chi connectivity index (χ0v) is 13.9. The van der Waals surface area contributed by atoms with Crippen LogP contribution in [0.1, 0.15) is 25.7 Å². The summed E-state index contributed by atoms with van der Waals surface area (Å²) in [4.78, 5) is 12.2. The van der Waals surface area contributed by atoms with Crippen molar-refractivity contribution >= 4 is 45.8 Å². The van der Waals surface area contributed by atoms with Gasteiger partial charge in [0.15, 0.2) is 0 Å². The van der Waals surface area contributed by atoms with Crippen LogP contribution in [-0.4, -0.2) is 12.1 Å². The molecule has 0 radical (unpaired) electrons. The SMILES string of the molecule is O=C(Nc1ccc(Cl)cc1I)C1CCCCC1C(F)(F)F. The third kappa shape index (κ3) is 4.25. The van der Waals surface area contributed by atoms with Crippen LogP contribution in [0.5, 0.6) is 0 Å². The minimum absolute atomic E-state index is 0.0271. The van der Waals surface area contributed by atoms with Gasteiger partial charge in [0.2, 0.25) is 5.91 Å². The van der Waals surface area contributed by atoms with E-state index in [9.17, 15) is 18.0 Å². The van der Waals surface area contributed by atoms with Gasteiger partial charge in [0.05, 0.1) is 11.6 Å². The summed E-state index contributed by atoms with van der Waals surface area (Å²) in [6.45, 7) is 0. The van der Waals surface area contributed by atoms with Crippen molar-refractivity contribution < 1.29 is 18.0 Å². The van der Waals surface area contributed by atoms with Gasteiger partial charge in [-0.1, -0.05) is 24.4 Å². The number of amides is 1. The molecule has 1 amide bonds. The fourth-order valence-electron chi connectivity index (χ4n) is 2.65. The molecule has 1 aliphatic carbocycles. The zero-order chi connectivity index (χ0) is 15.6. The Labute approximate surface area is 139 Å². The molecule has 2 atom stereocenters. The Kier molecular flexibility index (Phi) is 5.40. The van der Waals surface area contributed by atoms with Crippen molar-refractivity contribution in [3.05, 3.63) is 26.8 Å². The molecule has 0 aromatic heterocycles. The van der Waals surface area contributed by atoms with E-state index in [0.717, 1.165) is 0 Å². The van der Waals surface area contributed by atoms with Gasteiger partial charge in [0.1, 0.15) is 0 Å². The summed E-state index contributed by atoms with van der Waals surface area (Å²) in [7, 11) is 0. The first-order valence-electron chi connectivity index (χ1n) is 6.61. The second kappa shape index (κ2) is 6.73. The molecule has 1 fully saturated rings. The molecule has 0 heterocycles. The highest BCUT2D eigenvalue weighted by Crippen LogP contribution is 2.42. The number of halogens is 5. The lowest BCUT2D eigenvalue weighted by molar-refractivity contribution is -0.197. The number of hydrogen-bond donors (Lipinski definition) is 1. The van der Waals surface area contributed by atoms with Gasteiger partial charge in [-0.2, -0.15) is 13.2 Å². The fourth-order valence-corrected chi connectivity index (χ4v) is 3.66. The van der Waals surface area contributed by atoms with Crippen LogP contribution in [0.2, 0.25) is 5.02 Å². The maximum atomic E-state index is 13.0. The molecule has 116 valence electrons. The first-order chi connectivity index (χ1) is 9.79. The van der Waals surface area contributed by atoms with Crippen molar-refractivity contribution in [1.82, 2.24) is 0 Å². The Morgan fingerprint density at radius 3 is 2.57 bits per heavy atom. The lowest BCUT2D eigenvalue weighted by atomic mass is 9.78. The van der Waals surface area contributed by atoms with Gasteiger partial charge in [-0.3, -0.25) is 4.79 Å². The lowest BCUT2D eigenvalue weighted by Crippen LogP contribution is -2.39. The zero-order valence-electron chi connectivity index (χ0n) is 11.0. The molecule has 1 N–H and O–H groups in total. The highest BCUT2D eigenvalue weighted by atomic mass is 127. The lowest BCUT2D eigenvalue weighted by Gasteiger charge is -2.32. The van der Waals surface area contributed by atoms with Gasteiger partial charge in [-0.25, -0.2) is 0 Å². The Morgan fingerprint density at radius 2 is 1.95 bits per heavy atom. The van der Waals surface area contributed by atoms with Crippen LogP contribution in [0.25, 0.3) is 0 Å². The van der Waals surface area contributed by atoms with Crippen molar-refractivity contribution in [2.75, 3.05) is 5.32 Å². The number of benzene rings is 1. The van der Waals surface area contributed by atoms with E-state index in [2.05, 4.69) is 5.32 Å². The molecule has 0 saturated heterocycles. The van der Waals surface area contributed by atoms with Crippen LogP contribution in [0.15, 0.2) is 18.2 Å². The van der Waals surface area contributed by atoms with Gasteiger partial charge < -0.3 is 5.32 Å². The molecule has 21 heavy (non-hydrogen) atoms. The standard InChI is InChI=1S/C14H14ClF3INO/c15-8-5-6-12(11(19)7-8)20-13(21)9-3-1-2-4-10(9)14(16,17)18/h5-7,9-10H,1-4H2,(H,20,21). The average molecular weight is 432 g/mol. The van der Waals surface area contributed by atoms with Crippen LogP contribution in [0.3, 0.4) is 0 Å². The monoisotopic (exact) mass is 431 g/mol. The highest BCUT2D eigenvalue weighted by molar-refractivity contribution is 14.1. The molecular weight excluding hydrogens is 418 g/mol. The topological polar surface area (TPSA) is 29.1 Å². The van der Waals surface area contributed by atoms with Crippen molar-refractivity contribution in [2.24, 2.45) is 11.8 Å². The molecule has 2 unspecified atom stereocenters. The second-order valence-electron chi connectivity index (χ2n) is 5.15. The summed E-state index contributed by atoms with van der Waals surface area (Å²) in [6.07, 6.45) is -2.84. The molecular formula is C14H14ClF3INO. The van der Waals surface area contributed by atoms with E-state index in [0.29, 0.717) is 27.1 Å². The van der Waals surface area contributed by atoms with Crippen molar-refractivity contribution in [3.8, 4) is 0 Å². The van der Waals surface area contributed by atoms with E-state index >= 15 is 0 Å². The Bertz CT molecular complexity index is 535. The van der Waals surface area contributed by atoms with E-state index in [1.807, 2.05) is 22.6 Å². The van der Waals surface area contributed by atoms with Gasteiger partial charge in [-0.15, -0.1) is 0 Å². The van der Waals surface area contributed by atoms with Gasteiger partial charge in [-0.05, 0) is 53.6 Å². The number of hydrogen-bond acceptors (Lipinski definition) is 1. The normalized spacial score (nSPS) is 22.9. The highest BCUT2D eigenvalue weighted by Gasteiger charge is 2.48. The summed E-state index contributed by atoms with van der Waals surface area (Å²) < 4.78 is 39.8. The van der Waals surface area contributed by atoms with Crippen LogP contribution in [0.4, 0.5) is 18.9 Å². The number of carbonyl (C=O) groups excluding carboxylic acids is 1. The molecule has 2 nitrogen and oxygen atoms in total. The van der Waals surface area contributed by atoms with Gasteiger partial charge in [0, 0.05) is 14.5 Å². The van der Waals surface area contributed by atoms with Gasteiger partial charge in [0.25, 0.3) is 0 Å². The summed E-state index contributed by atoms with van der Waals surface area (Å²) >= 11 is 7.81. The van der Waals surface area contributed by atoms with Crippen molar-refractivity contribution in [1.29, 1.82) is 0 Å². The molecule has 0 aliphatic heterocycles. The van der Waals surface area contributed by atoms with E-state index < -0.39 is 23.9 Å². The minimum Gasteiger partial charge on any atom is -0.325 e. The summed E-state index contributed by atoms with van der Waals surface area (Å²) in [6, 6.07) is 4.86. The Hall–Kier alpha value is -0.500. The predicted molar refractivity (Wildman–Crippen MR) is 84.3 cm³/mol. The molecule has 0 bridgehead atoms. The number of nitrogens with one attached hydrogen (secondary N) is 1. The Balaban J connectivity index is 2.14. The summed E-state index contributed by atoms with van der Waals surface area (Å²) in [5, 5.41) is 3.12. The quantitative estimate of drug-likeness (QED) is 0.637. The smallest absolute Gasteiger partial charge is 0.325 e. The van der Waals surface area contributed by atoms with Crippen LogP contribution in [0, 0.1) is 15.4 Å². The second-order valence-corrected chi connectivity index (χ2v) is 6.75. The van der Waals surface area contributed by atoms with Gasteiger partial charge >= 0.3 is 6.18 Å². The maximum absolute atomic E-state index is 13.0. The minimum atomic E-state index is -4.32. The molecule has 1 saturated carbocycles. The molecule has 1 aliphatic rings. The Morgan fingerprint density at radius 1 is 1.29 bits per heavy atom. The first kappa shape index (κ1) is 16.9. The van der Waals surface area contributed by atoms with E-state index in [1.54, 1.807) is 18.2 Å². The van der Waals surface area contributed by atoms with Crippen molar-refractivity contribution in [2.45, 2.75) is 31.9 Å². The number of anilines is 1. The molecule has 7 heteroatoms. The molecule has 2 rings (SSSR count). The fraction of sp³-hybridized carbons (Fsp3) is 0.500. The number of carbonyl (C=O) groups is 1. The maximum Gasteiger partial charge on any atom is 0.392 e. The first-order valence-corrected chi connectivity index (χ1v) is 8.07. The molecule has 1 aromatic carbocycles. The third-order valence-corrected chi connectivity index (χ3v) is 4.84. The number of rotatable bonds is 2. The largest absolute Gasteiger partial charge is 0.392 e. The summed E-state index contributed by atoms with van der Waals surface area (Å²) in [5.41, 5.74) is 0.497. The van der Waals surface area contributed by atoms with E-state index in [-0.39, 0.29) is 12.8 Å². The van der Waals surface area contributed by atoms with E-state index in [1.165, 1.54) is 0 Å². The predicted octanol–water partition coefficient (Wildman–Crippen LogP) is 5.25. The van der Waals surface area contributed by atoms with Crippen LogP contribution < -0.4 is 5.32 Å². The van der Waals surface area contributed by atoms with Crippen LogP contribution in [-0.2, 0) is 4.79 Å². The van der Waals surface area contributed by atoms with Crippen LogP contribution >= 0.6 is 34.2 Å². The van der Waals surface area contributed by atoms with E-state index in [4.69, 9.17) is 11.6 Å². The molecule has 1 aromatic rings. The number of alkyl halides is 3. The third-order valence-electron chi connectivity index (χ3n) is 3.71. The summed E-state index contributed by atoms with van der Waals surface area (Å²) in [5.74, 6) is -3.11. The van der Waals surface area contributed by atoms with Crippen molar-refractivity contribution in [3.63, 3.8) is 0 Å².